The Bertz CT molecular complexity index is 961. The first-order valence-electron chi connectivity index (χ1n) is 8.77. The van der Waals surface area contributed by atoms with Crippen molar-refractivity contribution in [3.05, 3.63) is 88.7 Å². The van der Waals surface area contributed by atoms with E-state index in [0.29, 0.717) is 12.3 Å². The summed E-state index contributed by atoms with van der Waals surface area (Å²) in [5, 5.41) is 6.06. The Morgan fingerprint density at radius 2 is 1.82 bits per heavy atom. The Morgan fingerprint density at radius 3 is 2.54 bits per heavy atom. The molecule has 4 nitrogen and oxygen atoms in total. The number of aryl methyl sites for hydroxylation is 1. The van der Waals surface area contributed by atoms with Crippen molar-refractivity contribution in [1.29, 1.82) is 0 Å². The summed E-state index contributed by atoms with van der Waals surface area (Å²) in [6.07, 6.45) is 0. The van der Waals surface area contributed by atoms with Crippen LogP contribution in [0.5, 0.6) is 5.75 Å². The summed E-state index contributed by atoms with van der Waals surface area (Å²) >= 11 is 5.77. The average Bonchev–Trinajstić information content (AvgIpc) is 2.68. The van der Waals surface area contributed by atoms with Gasteiger partial charge in [-0.15, -0.1) is 0 Å². The largest absolute Gasteiger partial charge is 0.484 e. The van der Waals surface area contributed by atoms with Crippen molar-refractivity contribution in [3.63, 3.8) is 0 Å². The van der Waals surface area contributed by atoms with Gasteiger partial charge in [-0.2, -0.15) is 0 Å². The molecule has 0 saturated heterocycles. The van der Waals surface area contributed by atoms with E-state index in [1.54, 1.807) is 24.3 Å². The number of amides is 1. The van der Waals surface area contributed by atoms with Crippen LogP contribution in [0.3, 0.4) is 0 Å². The second kappa shape index (κ2) is 9.24. The molecular weight excluding hydrogens is 379 g/mol. The molecule has 1 amide bonds. The molecule has 3 aromatic carbocycles. The molecule has 0 heterocycles. The van der Waals surface area contributed by atoms with Gasteiger partial charge in [0.1, 0.15) is 11.6 Å². The van der Waals surface area contributed by atoms with Crippen LogP contribution in [-0.4, -0.2) is 12.5 Å². The van der Waals surface area contributed by atoms with Crippen LogP contribution in [0.15, 0.2) is 66.7 Å². The third-order valence-electron chi connectivity index (χ3n) is 4.01. The first-order chi connectivity index (χ1) is 13.5. The molecule has 0 aliphatic rings. The van der Waals surface area contributed by atoms with Crippen molar-refractivity contribution >= 4 is 28.9 Å². The molecule has 0 unspecified atom stereocenters. The van der Waals surface area contributed by atoms with Crippen LogP contribution in [0, 0.1) is 12.7 Å². The number of carbonyl (C=O) groups is 1. The molecule has 6 heteroatoms. The van der Waals surface area contributed by atoms with E-state index in [0.717, 1.165) is 22.5 Å². The molecule has 0 radical (unpaired) electrons. The monoisotopic (exact) mass is 398 g/mol. The lowest BCUT2D eigenvalue weighted by Gasteiger charge is -2.10. The van der Waals surface area contributed by atoms with Crippen LogP contribution in [-0.2, 0) is 11.3 Å². The van der Waals surface area contributed by atoms with Crippen LogP contribution in [0.1, 0.15) is 11.1 Å². The Morgan fingerprint density at radius 1 is 1.04 bits per heavy atom. The molecular formula is C22H20ClFN2O2. The summed E-state index contributed by atoms with van der Waals surface area (Å²) in [5.74, 6) is -0.0577. The van der Waals surface area contributed by atoms with E-state index in [1.165, 1.54) is 6.07 Å². The van der Waals surface area contributed by atoms with E-state index < -0.39 is 5.82 Å². The van der Waals surface area contributed by atoms with Gasteiger partial charge in [-0.3, -0.25) is 4.79 Å². The third-order valence-corrected chi connectivity index (χ3v) is 4.30. The molecule has 0 aliphatic heterocycles. The molecule has 3 rings (SSSR count). The summed E-state index contributed by atoms with van der Waals surface area (Å²) in [6.45, 7) is 2.45. The summed E-state index contributed by atoms with van der Waals surface area (Å²) in [7, 11) is 0. The number of anilines is 2. The quantitative estimate of drug-likeness (QED) is 0.559. The molecule has 0 bridgehead atoms. The summed E-state index contributed by atoms with van der Waals surface area (Å²) < 4.78 is 18.7. The Hall–Kier alpha value is -3.05. The van der Waals surface area contributed by atoms with E-state index in [2.05, 4.69) is 10.6 Å². The number of carbonyl (C=O) groups excluding carboxylic acids is 1. The van der Waals surface area contributed by atoms with Gasteiger partial charge < -0.3 is 15.4 Å². The van der Waals surface area contributed by atoms with Crippen LogP contribution in [0.4, 0.5) is 15.8 Å². The van der Waals surface area contributed by atoms with Gasteiger partial charge >= 0.3 is 0 Å². The van der Waals surface area contributed by atoms with Crippen molar-refractivity contribution < 1.29 is 13.9 Å². The van der Waals surface area contributed by atoms with Gasteiger partial charge in [0, 0.05) is 17.9 Å². The van der Waals surface area contributed by atoms with Crippen molar-refractivity contribution in [2.75, 3.05) is 17.2 Å². The second-order valence-corrected chi connectivity index (χ2v) is 6.74. The van der Waals surface area contributed by atoms with Crippen LogP contribution in [0.25, 0.3) is 0 Å². The maximum Gasteiger partial charge on any atom is 0.262 e. The van der Waals surface area contributed by atoms with Crippen LogP contribution in [0.2, 0.25) is 5.02 Å². The standard InChI is InChI=1S/C22H20ClFN2O2/c1-15-3-2-4-18(11-15)26-22(27)14-28-19-8-5-16(6-9-19)13-25-17-7-10-21(24)20(23)12-17/h2-12,25H,13-14H2,1H3,(H,26,27). The van der Waals surface area contributed by atoms with Gasteiger partial charge in [0.25, 0.3) is 5.91 Å². The van der Waals surface area contributed by atoms with Gasteiger partial charge in [-0.1, -0.05) is 35.9 Å². The Balaban J connectivity index is 1.47. The van der Waals surface area contributed by atoms with Crippen molar-refractivity contribution in [1.82, 2.24) is 0 Å². The SMILES string of the molecule is Cc1cccc(NC(=O)COc2ccc(CNc3ccc(F)c(Cl)c3)cc2)c1. The molecule has 0 saturated carbocycles. The molecule has 0 aromatic heterocycles. The molecule has 0 fully saturated rings. The number of hydrogen-bond acceptors (Lipinski definition) is 3. The van der Waals surface area contributed by atoms with Crippen molar-refractivity contribution in [2.24, 2.45) is 0 Å². The van der Waals surface area contributed by atoms with E-state index in [-0.39, 0.29) is 17.5 Å². The van der Waals surface area contributed by atoms with Gasteiger partial charge in [0.2, 0.25) is 0 Å². The lowest BCUT2D eigenvalue weighted by molar-refractivity contribution is -0.118. The second-order valence-electron chi connectivity index (χ2n) is 6.33. The highest BCUT2D eigenvalue weighted by molar-refractivity contribution is 6.31. The molecule has 0 aliphatic carbocycles. The maximum atomic E-state index is 13.2. The van der Waals surface area contributed by atoms with Gasteiger partial charge in [-0.25, -0.2) is 4.39 Å². The van der Waals surface area contributed by atoms with E-state index in [1.807, 2.05) is 43.3 Å². The zero-order valence-electron chi connectivity index (χ0n) is 15.3. The minimum Gasteiger partial charge on any atom is -0.484 e. The zero-order chi connectivity index (χ0) is 19.9. The van der Waals surface area contributed by atoms with Gasteiger partial charge in [0.05, 0.1) is 5.02 Å². The van der Waals surface area contributed by atoms with Crippen molar-refractivity contribution in [2.45, 2.75) is 13.5 Å². The third kappa shape index (κ3) is 5.72. The van der Waals surface area contributed by atoms with Gasteiger partial charge in [-0.05, 0) is 60.5 Å². The first kappa shape index (κ1) is 19.7. The number of nitrogens with one attached hydrogen (secondary N) is 2. The topological polar surface area (TPSA) is 50.4 Å². The minimum absolute atomic E-state index is 0.0698. The normalized spacial score (nSPS) is 10.4. The fraction of sp³-hybridized carbons (Fsp3) is 0.136. The smallest absolute Gasteiger partial charge is 0.262 e. The Kier molecular flexibility index (Phi) is 6.50. The zero-order valence-corrected chi connectivity index (χ0v) is 16.1. The van der Waals surface area contributed by atoms with Crippen molar-refractivity contribution in [3.8, 4) is 5.75 Å². The van der Waals surface area contributed by atoms with E-state index in [4.69, 9.17) is 16.3 Å². The highest BCUT2D eigenvalue weighted by atomic mass is 35.5. The maximum absolute atomic E-state index is 13.2. The number of benzene rings is 3. The summed E-state index contributed by atoms with van der Waals surface area (Å²) in [4.78, 5) is 12.0. The molecule has 0 atom stereocenters. The Labute approximate surface area is 168 Å². The lowest BCUT2D eigenvalue weighted by Crippen LogP contribution is -2.20. The van der Waals surface area contributed by atoms with E-state index in [9.17, 15) is 9.18 Å². The summed E-state index contributed by atoms with van der Waals surface area (Å²) in [6, 6.07) is 19.5. The lowest BCUT2D eigenvalue weighted by atomic mass is 10.2. The minimum atomic E-state index is -0.444. The molecule has 28 heavy (non-hydrogen) atoms. The number of halogens is 2. The van der Waals surface area contributed by atoms with E-state index >= 15 is 0 Å². The summed E-state index contributed by atoms with van der Waals surface area (Å²) in [5.41, 5.74) is 3.57. The molecule has 3 aromatic rings. The highest BCUT2D eigenvalue weighted by Gasteiger charge is 2.05. The predicted octanol–water partition coefficient (Wildman–Crippen LogP) is 5.42. The number of hydrogen-bond donors (Lipinski definition) is 2. The fourth-order valence-electron chi connectivity index (χ4n) is 2.58. The van der Waals surface area contributed by atoms with Crippen LogP contribution < -0.4 is 15.4 Å². The predicted molar refractivity (Wildman–Crippen MR) is 110 cm³/mol. The number of rotatable bonds is 7. The first-order valence-corrected chi connectivity index (χ1v) is 9.14. The van der Waals surface area contributed by atoms with Gasteiger partial charge in [0.15, 0.2) is 6.61 Å². The molecule has 0 spiro atoms. The molecule has 144 valence electrons. The fourth-order valence-corrected chi connectivity index (χ4v) is 2.76. The average molecular weight is 399 g/mol. The highest BCUT2D eigenvalue weighted by Crippen LogP contribution is 2.20. The molecule has 2 N–H and O–H groups in total. The number of ether oxygens (including phenoxy) is 1. The van der Waals surface area contributed by atoms with Crippen LogP contribution >= 0.6 is 11.6 Å².